The molecule has 1 heterocycles. The maximum Gasteiger partial charge on any atom is 0.256 e. The van der Waals surface area contributed by atoms with Crippen molar-refractivity contribution < 1.29 is 4.79 Å². The standard InChI is InChI=1S/C19H19NO/c1-12-6-7-18-16(8-12)17(19(21)20-18)11-13-9-14-4-2-3-5-15(14)10-13/h6-9,11H,2-5,10H2,1H3,(H,20,21). The quantitative estimate of drug-likeness (QED) is 0.751. The van der Waals surface area contributed by atoms with Crippen molar-refractivity contribution in [2.75, 3.05) is 5.32 Å². The van der Waals surface area contributed by atoms with Gasteiger partial charge in [-0.05, 0) is 68.4 Å². The Labute approximate surface area is 125 Å². The van der Waals surface area contributed by atoms with E-state index in [-0.39, 0.29) is 5.91 Å². The molecule has 0 fully saturated rings. The summed E-state index contributed by atoms with van der Waals surface area (Å²) in [5, 5.41) is 2.96. The average Bonchev–Trinajstić information content (AvgIpc) is 3.01. The van der Waals surface area contributed by atoms with E-state index in [0.717, 1.165) is 23.2 Å². The predicted octanol–water partition coefficient (Wildman–Crippen LogP) is 4.53. The molecular formula is C19H19NO. The third kappa shape index (κ3) is 2.15. The normalized spacial score (nSPS) is 22.2. The third-order valence-electron chi connectivity index (χ3n) is 4.69. The minimum Gasteiger partial charge on any atom is -0.321 e. The lowest BCUT2D eigenvalue weighted by atomic mass is 9.93. The molecule has 0 spiro atoms. The van der Waals surface area contributed by atoms with Crippen LogP contribution in [-0.2, 0) is 4.79 Å². The molecule has 4 rings (SSSR count). The summed E-state index contributed by atoms with van der Waals surface area (Å²) < 4.78 is 0. The zero-order valence-electron chi connectivity index (χ0n) is 12.3. The lowest BCUT2D eigenvalue weighted by molar-refractivity contribution is -0.110. The van der Waals surface area contributed by atoms with Crippen molar-refractivity contribution in [2.24, 2.45) is 0 Å². The second kappa shape index (κ2) is 4.73. The van der Waals surface area contributed by atoms with E-state index >= 15 is 0 Å². The second-order valence-electron chi connectivity index (χ2n) is 6.29. The van der Waals surface area contributed by atoms with E-state index in [9.17, 15) is 4.79 Å². The van der Waals surface area contributed by atoms with Crippen LogP contribution in [0.4, 0.5) is 5.69 Å². The number of hydrogen-bond donors (Lipinski definition) is 1. The number of rotatable bonds is 1. The first-order chi connectivity index (χ1) is 10.2. The molecule has 106 valence electrons. The van der Waals surface area contributed by atoms with Crippen molar-refractivity contribution in [1.82, 2.24) is 0 Å². The highest BCUT2D eigenvalue weighted by molar-refractivity contribution is 6.31. The maximum atomic E-state index is 12.2. The van der Waals surface area contributed by atoms with Gasteiger partial charge >= 0.3 is 0 Å². The predicted molar refractivity (Wildman–Crippen MR) is 86.0 cm³/mol. The van der Waals surface area contributed by atoms with E-state index in [2.05, 4.69) is 30.5 Å². The SMILES string of the molecule is Cc1ccc2c(c1)C(=CC1=CC3=C(CCCC3)C1)C(=O)N2. The van der Waals surface area contributed by atoms with E-state index in [1.165, 1.54) is 42.4 Å². The number of amides is 1. The molecule has 3 aliphatic rings. The maximum absolute atomic E-state index is 12.2. The Kier molecular flexibility index (Phi) is 2.85. The zero-order chi connectivity index (χ0) is 14.4. The number of hydrogen-bond acceptors (Lipinski definition) is 1. The molecule has 1 N–H and O–H groups in total. The summed E-state index contributed by atoms with van der Waals surface area (Å²) in [4.78, 5) is 12.2. The van der Waals surface area contributed by atoms with E-state index in [4.69, 9.17) is 0 Å². The Balaban J connectivity index is 1.69. The van der Waals surface area contributed by atoms with Crippen LogP contribution in [0.5, 0.6) is 0 Å². The first-order valence-corrected chi connectivity index (χ1v) is 7.76. The van der Waals surface area contributed by atoms with Gasteiger partial charge in [0.1, 0.15) is 0 Å². The van der Waals surface area contributed by atoms with Crippen molar-refractivity contribution in [3.8, 4) is 0 Å². The number of carbonyl (C=O) groups excluding carboxylic acids is 1. The average molecular weight is 277 g/mol. The number of aryl methyl sites for hydroxylation is 1. The van der Waals surface area contributed by atoms with Crippen LogP contribution in [-0.4, -0.2) is 5.91 Å². The van der Waals surface area contributed by atoms with Gasteiger partial charge in [0.05, 0.1) is 0 Å². The molecular weight excluding hydrogens is 258 g/mol. The van der Waals surface area contributed by atoms with Gasteiger partial charge in [0.2, 0.25) is 0 Å². The molecule has 21 heavy (non-hydrogen) atoms. The first-order valence-electron chi connectivity index (χ1n) is 7.76. The van der Waals surface area contributed by atoms with Crippen molar-refractivity contribution in [3.63, 3.8) is 0 Å². The molecule has 1 amide bonds. The molecule has 2 heteroatoms. The van der Waals surface area contributed by atoms with E-state index in [1.54, 1.807) is 5.57 Å². The summed E-state index contributed by atoms with van der Waals surface area (Å²) >= 11 is 0. The number of benzene rings is 1. The smallest absolute Gasteiger partial charge is 0.256 e. The fourth-order valence-electron chi connectivity index (χ4n) is 3.61. The molecule has 1 aromatic carbocycles. The van der Waals surface area contributed by atoms with Crippen molar-refractivity contribution in [1.29, 1.82) is 0 Å². The lowest BCUT2D eigenvalue weighted by Gasteiger charge is -2.12. The second-order valence-corrected chi connectivity index (χ2v) is 6.29. The Hall–Kier alpha value is -2.09. The van der Waals surface area contributed by atoms with E-state index in [1.807, 2.05) is 12.1 Å². The van der Waals surface area contributed by atoms with Crippen molar-refractivity contribution in [2.45, 2.75) is 39.0 Å². The van der Waals surface area contributed by atoms with Gasteiger partial charge in [-0.3, -0.25) is 4.79 Å². The first kappa shape index (κ1) is 12.6. The van der Waals surface area contributed by atoms with Crippen LogP contribution in [0.25, 0.3) is 5.57 Å². The highest BCUT2D eigenvalue weighted by atomic mass is 16.2. The van der Waals surface area contributed by atoms with Crippen molar-refractivity contribution in [3.05, 3.63) is 58.2 Å². The van der Waals surface area contributed by atoms with Gasteiger partial charge in [0.25, 0.3) is 5.91 Å². The number of carbonyl (C=O) groups is 1. The van der Waals surface area contributed by atoms with Crippen LogP contribution in [0, 0.1) is 6.92 Å². The van der Waals surface area contributed by atoms with Gasteiger partial charge in [-0.25, -0.2) is 0 Å². The number of anilines is 1. The molecule has 1 aliphatic heterocycles. The number of fused-ring (bicyclic) bond motifs is 1. The molecule has 0 aromatic heterocycles. The van der Waals surface area contributed by atoms with Gasteiger partial charge in [-0.2, -0.15) is 0 Å². The lowest BCUT2D eigenvalue weighted by Crippen LogP contribution is -2.03. The van der Waals surface area contributed by atoms with Gasteiger partial charge in [-0.1, -0.05) is 23.3 Å². The van der Waals surface area contributed by atoms with Gasteiger partial charge < -0.3 is 5.32 Å². The van der Waals surface area contributed by atoms with Gasteiger partial charge in [-0.15, -0.1) is 0 Å². The highest BCUT2D eigenvalue weighted by Gasteiger charge is 2.25. The number of nitrogens with one attached hydrogen (secondary N) is 1. The fraction of sp³-hybridized carbons (Fsp3) is 0.316. The highest BCUT2D eigenvalue weighted by Crippen LogP contribution is 2.39. The minimum atomic E-state index is 0.0290. The van der Waals surface area contributed by atoms with Gasteiger partial charge in [0.15, 0.2) is 0 Å². The summed E-state index contributed by atoms with van der Waals surface area (Å²) in [6, 6.07) is 6.13. The Morgan fingerprint density at radius 3 is 2.90 bits per heavy atom. The molecule has 0 radical (unpaired) electrons. The molecule has 0 saturated carbocycles. The fourth-order valence-corrected chi connectivity index (χ4v) is 3.61. The molecule has 0 unspecified atom stereocenters. The third-order valence-corrected chi connectivity index (χ3v) is 4.69. The van der Waals surface area contributed by atoms with Crippen LogP contribution in [0.3, 0.4) is 0 Å². The van der Waals surface area contributed by atoms with Crippen molar-refractivity contribution >= 4 is 17.2 Å². The number of allylic oxidation sites excluding steroid dienone is 5. The van der Waals surface area contributed by atoms with Crippen LogP contribution in [0.2, 0.25) is 0 Å². The van der Waals surface area contributed by atoms with E-state index in [0.29, 0.717) is 0 Å². The minimum absolute atomic E-state index is 0.0290. The zero-order valence-corrected chi connectivity index (χ0v) is 12.3. The molecule has 1 aromatic rings. The molecule has 2 aliphatic carbocycles. The van der Waals surface area contributed by atoms with Crippen LogP contribution in [0.15, 0.2) is 47.1 Å². The molecule has 0 atom stereocenters. The summed E-state index contributed by atoms with van der Waals surface area (Å²) in [6.07, 6.45) is 10.5. The largest absolute Gasteiger partial charge is 0.321 e. The molecule has 0 bridgehead atoms. The molecule has 2 nitrogen and oxygen atoms in total. The van der Waals surface area contributed by atoms with Crippen LogP contribution >= 0.6 is 0 Å². The van der Waals surface area contributed by atoms with Crippen LogP contribution in [0.1, 0.15) is 43.2 Å². The molecule has 0 saturated heterocycles. The Bertz CT molecular complexity index is 734. The summed E-state index contributed by atoms with van der Waals surface area (Å²) in [7, 11) is 0. The summed E-state index contributed by atoms with van der Waals surface area (Å²) in [5.41, 5.74) is 8.40. The summed E-state index contributed by atoms with van der Waals surface area (Å²) in [6.45, 7) is 2.07. The Morgan fingerprint density at radius 1 is 1.19 bits per heavy atom. The topological polar surface area (TPSA) is 29.1 Å². The van der Waals surface area contributed by atoms with E-state index < -0.39 is 0 Å². The Morgan fingerprint density at radius 2 is 2.05 bits per heavy atom. The monoisotopic (exact) mass is 277 g/mol. The van der Waals surface area contributed by atoms with Gasteiger partial charge in [0, 0.05) is 16.8 Å². The van der Waals surface area contributed by atoms with Crippen LogP contribution < -0.4 is 5.32 Å². The summed E-state index contributed by atoms with van der Waals surface area (Å²) in [5.74, 6) is 0.0290.